The van der Waals surface area contributed by atoms with E-state index in [2.05, 4.69) is 17.6 Å². The normalized spacial score (nSPS) is 11.4. The van der Waals surface area contributed by atoms with E-state index in [1.165, 1.54) is 6.08 Å². The summed E-state index contributed by atoms with van der Waals surface area (Å²) in [5.74, 6) is 0.710. The van der Waals surface area contributed by atoms with Gasteiger partial charge in [0.2, 0.25) is 6.08 Å². The van der Waals surface area contributed by atoms with Crippen LogP contribution >= 0.6 is 12.6 Å². The SMILES string of the molecule is COC(OC)[SiH2]CN=C=O.CO[Si](CCCS)(OC)OC. The van der Waals surface area contributed by atoms with Crippen molar-refractivity contribution in [2.45, 2.75) is 18.4 Å². The van der Waals surface area contributed by atoms with Crippen LogP contribution in [0.3, 0.4) is 0 Å². The van der Waals surface area contributed by atoms with Crippen LogP contribution in [0.1, 0.15) is 6.42 Å². The number of methoxy groups -OCH3 is 2. The highest BCUT2D eigenvalue weighted by molar-refractivity contribution is 7.80. The van der Waals surface area contributed by atoms with E-state index < -0.39 is 18.3 Å². The van der Waals surface area contributed by atoms with E-state index in [1.807, 2.05) is 0 Å². The first-order valence-corrected chi connectivity index (χ1v) is 10.8. The standard InChI is InChI=1S/C6H16O3SSi.C5H11NO3Si/c1-7-11(8-2,9-3)6-4-5-10;1-8-5(9-2)10-4-6-3-7/h10H,4-6H2,1-3H3;5H,4,10H2,1-2H3. The molecule has 0 fully saturated rings. The van der Waals surface area contributed by atoms with Crippen LogP contribution in [0.2, 0.25) is 6.04 Å². The van der Waals surface area contributed by atoms with Crippen molar-refractivity contribution >= 4 is 37.0 Å². The van der Waals surface area contributed by atoms with Gasteiger partial charge in [-0.1, -0.05) is 0 Å². The smallest absolute Gasteiger partial charge is 0.377 e. The third-order valence-electron chi connectivity index (χ3n) is 2.64. The summed E-state index contributed by atoms with van der Waals surface area (Å²) in [5.41, 5.74) is 0. The topological polar surface area (TPSA) is 75.6 Å². The van der Waals surface area contributed by atoms with Crippen LogP contribution in [0.5, 0.6) is 0 Å². The van der Waals surface area contributed by atoms with Crippen LogP contribution in [0, 0.1) is 0 Å². The van der Waals surface area contributed by atoms with Crippen LogP contribution in [-0.2, 0) is 27.5 Å². The maximum Gasteiger partial charge on any atom is 0.500 e. The van der Waals surface area contributed by atoms with E-state index in [0.717, 1.165) is 18.2 Å². The van der Waals surface area contributed by atoms with Gasteiger partial charge in [-0.25, -0.2) is 9.79 Å². The molecule has 10 heteroatoms. The first kappa shape index (κ1) is 23.2. The van der Waals surface area contributed by atoms with Crippen molar-refractivity contribution in [2.75, 3.05) is 47.5 Å². The molecule has 0 heterocycles. The third kappa shape index (κ3) is 12.2. The number of rotatable bonds is 11. The molecule has 0 saturated heterocycles. The number of thiol groups is 1. The van der Waals surface area contributed by atoms with Gasteiger partial charge in [0.05, 0.1) is 0 Å². The summed E-state index contributed by atoms with van der Waals surface area (Å²) >= 11 is 4.10. The fourth-order valence-corrected chi connectivity index (χ4v) is 4.48. The van der Waals surface area contributed by atoms with Gasteiger partial charge in [-0.05, 0) is 12.2 Å². The molecule has 0 aliphatic heterocycles. The molecule has 0 saturated carbocycles. The van der Waals surface area contributed by atoms with E-state index in [9.17, 15) is 4.79 Å². The number of hydrogen-bond donors (Lipinski definition) is 1. The van der Waals surface area contributed by atoms with Crippen LogP contribution in [0.4, 0.5) is 0 Å². The molecule has 126 valence electrons. The minimum atomic E-state index is -2.29. The van der Waals surface area contributed by atoms with Crippen LogP contribution in [0.15, 0.2) is 4.99 Å². The lowest BCUT2D eigenvalue weighted by Crippen LogP contribution is -2.42. The Labute approximate surface area is 135 Å². The van der Waals surface area contributed by atoms with Gasteiger partial charge < -0.3 is 22.8 Å². The number of hydrogen-bond acceptors (Lipinski definition) is 8. The average molecular weight is 358 g/mol. The molecule has 0 unspecified atom stereocenters. The molecule has 21 heavy (non-hydrogen) atoms. The molecule has 0 aromatic carbocycles. The second-order valence-electron chi connectivity index (χ2n) is 3.79. The van der Waals surface area contributed by atoms with Crippen LogP contribution in [-0.4, -0.2) is 77.8 Å². The summed E-state index contributed by atoms with van der Waals surface area (Å²) in [6.45, 7) is 0. The number of aliphatic imine (C=N–C) groups is 1. The Kier molecular flexibility index (Phi) is 18.1. The fourth-order valence-electron chi connectivity index (χ4n) is 1.40. The van der Waals surface area contributed by atoms with Crippen molar-refractivity contribution in [3.8, 4) is 0 Å². The van der Waals surface area contributed by atoms with Crippen LogP contribution in [0.25, 0.3) is 0 Å². The maximum atomic E-state index is 9.61. The lowest BCUT2D eigenvalue weighted by molar-refractivity contribution is -0.0439. The number of ether oxygens (including phenoxy) is 2. The van der Waals surface area contributed by atoms with Crippen LogP contribution < -0.4 is 0 Å². The molecule has 0 spiro atoms. The quantitative estimate of drug-likeness (QED) is 0.187. The van der Waals surface area contributed by atoms with E-state index in [-0.39, 0.29) is 5.91 Å². The minimum absolute atomic E-state index is 0.128. The van der Waals surface area contributed by atoms with E-state index in [4.69, 9.17) is 22.8 Å². The van der Waals surface area contributed by atoms with Gasteiger partial charge in [-0.15, -0.1) is 0 Å². The summed E-state index contributed by atoms with van der Waals surface area (Å²) < 4.78 is 25.4. The Hall–Kier alpha value is -0.0362. The Morgan fingerprint density at radius 2 is 1.67 bits per heavy atom. The number of isocyanates is 1. The third-order valence-corrected chi connectivity index (χ3v) is 7.41. The molecular formula is C11H27NO6SSi2. The maximum absolute atomic E-state index is 9.61. The predicted molar refractivity (Wildman–Crippen MR) is 89.4 cm³/mol. The molecule has 7 nitrogen and oxygen atoms in total. The molecule has 0 N–H and O–H groups in total. The predicted octanol–water partition coefficient (Wildman–Crippen LogP) is 0.209. The van der Waals surface area contributed by atoms with E-state index in [0.29, 0.717) is 6.17 Å². The van der Waals surface area contributed by atoms with Crippen molar-refractivity contribution in [1.29, 1.82) is 0 Å². The van der Waals surface area contributed by atoms with Gasteiger partial charge >= 0.3 is 8.80 Å². The van der Waals surface area contributed by atoms with Gasteiger partial charge in [-0.2, -0.15) is 12.6 Å². The van der Waals surface area contributed by atoms with Gasteiger partial charge in [-0.3, -0.25) is 0 Å². The summed E-state index contributed by atoms with van der Waals surface area (Å²) in [6.07, 6.45) is 2.97. The van der Waals surface area contributed by atoms with E-state index in [1.54, 1.807) is 35.5 Å². The van der Waals surface area contributed by atoms with Gasteiger partial charge in [0.15, 0.2) is 0 Å². The molecule has 0 aromatic rings. The van der Waals surface area contributed by atoms with Crippen molar-refractivity contribution in [3.63, 3.8) is 0 Å². The molecule has 0 radical (unpaired) electrons. The highest BCUT2D eigenvalue weighted by Crippen LogP contribution is 2.14. The summed E-state index contributed by atoms with van der Waals surface area (Å²) in [7, 11) is 5.17. The lowest BCUT2D eigenvalue weighted by atomic mass is 10.6. The van der Waals surface area contributed by atoms with Crippen molar-refractivity contribution in [2.24, 2.45) is 4.99 Å². The molecule has 0 rings (SSSR count). The Morgan fingerprint density at radius 3 is 2.00 bits per heavy atom. The van der Waals surface area contributed by atoms with Crippen molar-refractivity contribution < 1.29 is 27.5 Å². The highest BCUT2D eigenvalue weighted by atomic mass is 32.1. The lowest BCUT2D eigenvalue weighted by Gasteiger charge is -2.23. The Bertz CT molecular complexity index is 265. The van der Waals surface area contributed by atoms with Gasteiger partial charge in [0.1, 0.15) is 15.4 Å². The fraction of sp³-hybridized carbons (Fsp3) is 0.909. The molecule has 0 aliphatic rings. The highest BCUT2D eigenvalue weighted by Gasteiger charge is 2.36. The zero-order valence-corrected chi connectivity index (χ0v) is 16.8. The minimum Gasteiger partial charge on any atom is -0.377 e. The van der Waals surface area contributed by atoms with E-state index >= 15 is 0 Å². The summed E-state index contributed by atoms with van der Waals surface area (Å²) in [5, 5.41) is 0. The Morgan fingerprint density at radius 1 is 1.14 bits per heavy atom. The zero-order chi connectivity index (χ0) is 16.6. The molecule has 0 amide bonds. The molecular weight excluding hydrogens is 330 g/mol. The first-order chi connectivity index (χ1) is 10.1. The van der Waals surface area contributed by atoms with Crippen molar-refractivity contribution in [3.05, 3.63) is 0 Å². The summed E-state index contributed by atoms with van der Waals surface area (Å²) in [6, 6.07) is 0.833. The Balaban J connectivity index is 0. The largest absolute Gasteiger partial charge is 0.500 e. The summed E-state index contributed by atoms with van der Waals surface area (Å²) in [4.78, 5) is 13.0. The first-order valence-electron chi connectivity index (χ1n) is 6.45. The molecule has 0 atom stereocenters. The zero-order valence-electron chi connectivity index (χ0n) is 13.5. The molecule has 0 bridgehead atoms. The molecule has 0 aliphatic carbocycles. The average Bonchev–Trinajstić information content (AvgIpc) is 2.54. The second kappa shape index (κ2) is 16.3. The van der Waals surface area contributed by atoms with Gasteiger partial charge in [0.25, 0.3) is 0 Å². The number of nitrogens with zero attached hydrogens (tertiary/aromatic N) is 1. The second-order valence-corrected chi connectivity index (χ2v) is 9.01. The monoisotopic (exact) mass is 357 g/mol. The van der Waals surface area contributed by atoms with Gasteiger partial charge in [0, 0.05) is 47.8 Å². The van der Waals surface area contributed by atoms with Crippen molar-refractivity contribution in [1.82, 2.24) is 0 Å². The number of carbonyl (C=O) groups excluding carboxylic acids is 1. The molecule has 0 aromatic heterocycles.